The van der Waals surface area contributed by atoms with Gasteiger partial charge >= 0.3 is 12.1 Å². The van der Waals surface area contributed by atoms with Crippen LogP contribution in [-0.4, -0.2) is 23.7 Å². The summed E-state index contributed by atoms with van der Waals surface area (Å²) < 4.78 is 53.5. The van der Waals surface area contributed by atoms with Gasteiger partial charge in [-0.1, -0.05) is 13.3 Å². The zero-order valence-corrected chi connectivity index (χ0v) is 17.7. The van der Waals surface area contributed by atoms with Gasteiger partial charge in [-0.2, -0.15) is 13.2 Å². The molecule has 0 aliphatic heterocycles. The van der Waals surface area contributed by atoms with Crippen LogP contribution in [0.5, 0.6) is 17.4 Å². The largest absolute Gasteiger partial charge is 0.479 e. The van der Waals surface area contributed by atoms with Crippen LogP contribution in [0.1, 0.15) is 32.3 Å². The molecular formula is C19H21F3INO4. The first-order valence-electron chi connectivity index (χ1n) is 8.44. The summed E-state index contributed by atoms with van der Waals surface area (Å²) in [5, 5.41) is 0. The smallest absolute Gasteiger partial charge is 0.417 e. The van der Waals surface area contributed by atoms with Crippen molar-refractivity contribution in [1.29, 1.82) is 0 Å². The van der Waals surface area contributed by atoms with Crippen molar-refractivity contribution in [1.82, 2.24) is 4.98 Å². The van der Waals surface area contributed by atoms with Gasteiger partial charge < -0.3 is 14.2 Å². The number of benzene rings is 1. The number of carbonyl (C=O) groups is 1. The van der Waals surface area contributed by atoms with Crippen LogP contribution in [-0.2, 0) is 15.7 Å². The lowest BCUT2D eigenvalue weighted by Gasteiger charge is -2.14. The van der Waals surface area contributed by atoms with Crippen molar-refractivity contribution >= 4 is 29.9 Å². The molecule has 0 bridgehead atoms. The number of hydrogen-bond acceptors (Lipinski definition) is 5. The van der Waals surface area contributed by atoms with Gasteiger partial charge in [-0.25, -0.2) is 9.78 Å². The lowest BCUT2D eigenvalue weighted by Crippen LogP contribution is -2.26. The maximum Gasteiger partial charge on any atom is 0.417 e. The fourth-order valence-corrected chi connectivity index (χ4v) is 2.00. The molecular weight excluding hydrogens is 490 g/mol. The average Bonchev–Trinajstić information content (AvgIpc) is 2.63. The minimum Gasteiger partial charge on any atom is -0.479 e. The highest BCUT2D eigenvalue weighted by Gasteiger charge is 2.30. The Hall–Kier alpha value is -2.04. The zero-order chi connectivity index (χ0) is 19.9. The van der Waals surface area contributed by atoms with Gasteiger partial charge in [0.2, 0.25) is 5.88 Å². The van der Waals surface area contributed by atoms with E-state index in [4.69, 9.17) is 14.2 Å². The number of halogens is 4. The molecule has 2 rings (SSSR count). The first-order chi connectivity index (χ1) is 12.8. The predicted molar refractivity (Wildman–Crippen MR) is 107 cm³/mol. The molecule has 9 heteroatoms. The van der Waals surface area contributed by atoms with E-state index in [1.54, 1.807) is 31.2 Å². The van der Waals surface area contributed by atoms with Gasteiger partial charge in [-0.15, -0.1) is 24.0 Å². The van der Waals surface area contributed by atoms with Gasteiger partial charge in [-0.05, 0) is 43.7 Å². The number of nitrogens with zero attached hydrogens (tertiary/aromatic N) is 1. The quantitative estimate of drug-likeness (QED) is 0.262. The van der Waals surface area contributed by atoms with E-state index in [1.807, 2.05) is 6.92 Å². The fraction of sp³-hybridized carbons (Fsp3) is 0.368. The molecule has 2 aromatic rings. The molecule has 0 spiro atoms. The van der Waals surface area contributed by atoms with Gasteiger partial charge in [0.05, 0.1) is 12.2 Å². The second-order valence-corrected chi connectivity index (χ2v) is 5.74. The van der Waals surface area contributed by atoms with Crippen LogP contribution < -0.4 is 9.47 Å². The number of hydrogen-bond donors (Lipinski definition) is 0. The van der Waals surface area contributed by atoms with Crippen LogP contribution in [0.25, 0.3) is 0 Å². The van der Waals surface area contributed by atoms with Crippen LogP contribution in [0.3, 0.4) is 0 Å². The number of esters is 1. The number of carbonyl (C=O) groups excluding carboxylic acids is 1. The standard InChI is InChI=1S/C19H20F3NO4.HI/c1-3-4-11-25-18(24)13(2)26-15-6-8-16(9-7-15)27-17-10-5-14(12-23-17)19(20,21)22;/h5-10,12-13H,3-4,11H2,1-2H3;1H. The Bertz CT molecular complexity index is 736. The summed E-state index contributed by atoms with van der Waals surface area (Å²) in [6.07, 6.45) is -2.78. The number of rotatable bonds is 8. The summed E-state index contributed by atoms with van der Waals surface area (Å²) in [5.74, 6) is 0.387. The van der Waals surface area contributed by atoms with Crippen molar-refractivity contribution in [3.05, 3.63) is 48.2 Å². The summed E-state index contributed by atoms with van der Waals surface area (Å²) in [7, 11) is 0. The maximum atomic E-state index is 12.5. The van der Waals surface area contributed by atoms with Gasteiger partial charge in [0.25, 0.3) is 0 Å². The zero-order valence-electron chi connectivity index (χ0n) is 15.4. The van der Waals surface area contributed by atoms with Gasteiger partial charge in [-0.3, -0.25) is 0 Å². The van der Waals surface area contributed by atoms with Gasteiger partial charge in [0, 0.05) is 12.3 Å². The monoisotopic (exact) mass is 511 g/mol. The lowest BCUT2D eigenvalue weighted by molar-refractivity contribution is -0.151. The Morgan fingerprint density at radius 1 is 1.11 bits per heavy atom. The molecule has 28 heavy (non-hydrogen) atoms. The van der Waals surface area contributed by atoms with Crippen molar-refractivity contribution < 1.29 is 32.2 Å². The molecule has 154 valence electrons. The molecule has 1 atom stereocenters. The van der Waals surface area contributed by atoms with E-state index in [0.29, 0.717) is 24.3 Å². The molecule has 5 nitrogen and oxygen atoms in total. The first-order valence-corrected chi connectivity index (χ1v) is 8.44. The fourth-order valence-electron chi connectivity index (χ4n) is 2.00. The third kappa shape index (κ3) is 7.53. The summed E-state index contributed by atoms with van der Waals surface area (Å²) in [4.78, 5) is 15.4. The summed E-state index contributed by atoms with van der Waals surface area (Å²) >= 11 is 0. The maximum absolute atomic E-state index is 12.5. The van der Waals surface area contributed by atoms with E-state index in [0.717, 1.165) is 25.0 Å². The van der Waals surface area contributed by atoms with Crippen molar-refractivity contribution in [2.24, 2.45) is 0 Å². The molecule has 0 aliphatic carbocycles. The average molecular weight is 511 g/mol. The molecule has 0 amide bonds. The van der Waals surface area contributed by atoms with E-state index in [-0.39, 0.29) is 29.9 Å². The van der Waals surface area contributed by atoms with E-state index >= 15 is 0 Å². The number of unbranched alkanes of at least 4 members (excludes halogenated alkanes) is 1. The minimum atomic E-state index is -4.45. The van der Waals surface area contributed by atoms with E-state index < -0.39 is 23.8 Å². The third-order valence-electron chi connectivity index (χ3n) is 3.50. The molecule has 1 heterocycles. The number of aromatic nitrogens is 1. The number of ether oxygens (including phenoxy) is 3. The molecule has 0 fully saturated rings. The third-order valence-corrected chi connectivity index (χ3v) is 3.50. The SMILES string of the molecule is CCCCOC(=O)C(C)Oc1ccc(Oc2ccc(C(F)(F)F)cn2)cc1.I. The second-order valence-electron chi connectivity index (χ2n) is 5.74. The highest BCUT2D eigenvalue weighted by Crippen LogP contribution is 2.30. The summed E-state index contributed by atoms with van der Waals surface area (Å²) in [6, 6.07) is 8.31. The normalized spacial score (nSPS) is 11.9. The molecule has 1 unspecified atom stereocenters. The highest BCUT2D eigenvalue weighted by atomic mass is 127. The predicted octanol–water partition coefficient (Wildman–Crippen LogP) is 5.62. The Kier molecular flexibility index (Phi) is 9.50. The van der Waals surface area contributed by atoms with Crippen LogP contribution in [0, 0.1) is 0 Å². The minimum absolute atomic E-state index is 0. The summed E-state index contributed by atoms with van der Waals surface area (Å²) in [5.41, 5.74) is -0.849. The molecule has 0 saturated heterocycles. The topological polar surface area (TPSA) is 57.7 Å². The molecule has 0 N–H and O–H groups in total. The van der Waals surface area contributed by atoms with Crippen molar-refractivity contribution in [2.45, 2.75) is 39.0 Å². The van der Waals surface area contributed by atoms with Crippen LogP contribution in [0.15, 0.2) is 42.6 Å². The first kappa shape index (κ1) is 24.0. The lowest BCUT2D eigenvalue weighted by atomic mass is 10.3. The second kappa shape index (κ2) is 11.1. The van der Waals surface area contributed by atoms with E-state index in [9.17, 15) is 18.0 Å². The number of alkyl halides is 3. The van der Waals surface area contributed by atoms with Crippen molar-refractivity contribution in [3.63, 3.8) is 0 Å². The van der Waals surface area contributed by atoms with Crippen molar-refractivity contribution in [3.8, 4) is 17.4 Å². The Morgan fingerprint density at radius 3 is 2.29 bits per heavy atom. The molecule has 1 aromatic carbocycles. The van der Waals surface area contributed by atoms with Crippen LogP contribution in [0.2, 0.25) is 0 Å². The summed E-state index contributed by atoms with van der Waals surface area (Å²) in [6.45, 7) is 3.94. The van der Waals surface area contributed by atoms with E-state index in [2.05, 4.69) is 4.98 Å². The molecule has 1 aromatic heterocycles. The molecule has 0 saturated carbocycles. The Balaban J connectivity index is 0.00000392. The Morgan fingerprint density at radius 2 is 1.75 bits per heavy atom. The van der Waals surface area contributed by atoms with Gasteiger partial charge in [0.1, 0.15) is 11.5 Å². The van der Waals surface area contributed by atoms with Gasteiger partial charge in [0.15, 0.2) is 6.10 Å². The highest BCUT2D eigenvalue weighted by molar-refractivity contribution is 14.0. The Labute approximate surface area is 178 Å². The molecule has 0 aliphatic rings. The van der Waals surface area contributed by atoms with Crippen LogP contribution >= 0.6 is 24.0 Å². The van der Waals surface area contributed by atoms with E-state index in [1.165, 1.54) is 0 Å². The van der Waals surface area contributed by atoms with Crippen molar-refractivity contribution in [2.75, 3.05) is 6.61 Å². The molecule has 0 radical (unpaired) electrons. The number of pyridine rings is 1. The van der Waals surface area contributed by atoms with Crippen LogP contribution in [0.4, 0.5) is 13.2 Å².